The number of aromatic nitrogens is 1. The SMILES string of the molecule is NCc1cc(F)cnc1OCC1CC1. The summed E-state index contributed by atoms with van der Waals surface area (Å²) in [4.78, 5) is 3.87. The molecule has 1 aliphatic rings. The smallest absolute Gasteiger partial charge is 0.218 e. The first-order chi connectivity index (χ1) is 6.79. The lowest BCUT2D eigenvalue weighted by Gasteiger charge is -2.07. The van der Waals surface area contributed by atoms with E-state index in [9.17, 15) is 4.39 Å². The first kappa shape index (κ1) is 9.40. The highest BCUT2D eigenvalue weighted by Crippen LogP contribution is 2.29. The molecule has 1 aromatic rings. The van der Waals surface area contributed by atoms with Gasteiger partial charge in [0.25, 0.3) is 0 Å². The molecule has 4 heteroatoms. The van der Waals surface area contributed by atoms with E-state index in [2.05, 4.69) is 4.98 Å². The molecule has 0 atom stereocenters. The first-order valence-electron chi connectivity index (χ1n) is 4.77. The molecule has 2 N–H and O–H groups in total. The molecule has 0 saturated heterocycles. The van der Waals surface area contributed by atoms with E-state index in [0.717, 1.165) is 6.20 Å². The molecule has 14 heavy (non-hydrogen) atoms. The summed E-state index contributed by atoms with van der Waals surface area (Å²) in [6.07, 6.45) is 3.60. The monoisotopic (exact) mass is 196 g/mol. The summed E-state index contributed by atoms with van der Waals surface area (Å²) in [5.74, 6) is 0.762. The molecule has 0 aliphatic heterocycles. The summed E-state index contributed by atoms with van der Waals surface area (Å²) in [5.41, 5.74) is 6.09. The molecule has 0 spiro atoms. The molecule has 1 saturated carbocycles. The van der Waals surface area contributed by atoms with Crippen LogP contribution < -0.4 is 10.5 Å². The third-order valence-corrected chi connectivity index (χ3v) is 2.26. The zero-order chi connectivity index (χ0) is 9.97. The van der Waals surface area contributed by atoms with Crippen LogP contribution in [0.15, 0.2) is 12.3 Å². The van der Waals surface area contributed by atoms with Crippen molar-refractivity contribution in [2.24, 2.45) is 11.7 Å². The molecule has 1 aliphatic carbocycles. The van der Waals surface area contributed by atoms with Crippen LogP contribution in [0.25, 0.3) is 0 Å². The number of hydrogen-bond acceptors (Lipinski definition) is 3. The number of rotatable bonds is 4. The van der Waals surface area contributed by atoms with Crippen molar-refractivity contribution in [3.63, 3.8) is 0 Å². The van der Waals surface area contributed by atoms with Crippen molar-refractivity contribution in [1.29, 1.82) is 0 Å². The van der Waals surface area contributed by atoms with Gasteiger partial charge in [-0.05, 0) is 24.8 Å². The molecule has 1 fully saturated rings. The molecule has 76 valence electrons. The van der Waals surface area contributed by atoms with E-state index < -0.39 is 0 Å². The summed E-state index contributed by atoms with van der Waals surface area (Å²) in [6.45, 7) is 0.927. The third-order valence-electron chi connectivity index (χ3n) is 2.26. The van der Waals surface area contributed by atoms with E-state index in [1.54, 1.807) is 0 Å². The maximum absolute atomic E-state index is 12.8. The van der Waals surface area contributed by atoms with Crippen molar-refractivity contribution in [1.82, 2.24) is 4.98 Å². The Morgan fingerprint density at radius 3 is 3.00 bits per heavy atom. The number of halogens is 1. The molecule has 1 heterocycles. The van der Waals surface area contributed by atoms with Crippen LogP contribution in [-0.2, 0) is 6.54 Å². The van der Waals surface area contributed by atoms with Gasteiger partial charge in [0, 0.05) is 12.1 Å². The Morgan fingerprint density at radius 1 is 1.57 bits per heavy atom. The van der Waals surface area contributed by atoms with Crippen LogP contribution in [0.1, 0.15) is 18.4 Å². The van der Waals surface area contributed by atoms with Crippen LogP contribution in [0.2, 0.25) is 0 Å². The lowest BCUT2D eigenvalue weighted by molar-refractivity contribution is 0.284. The Labute approximate surface area is 82.1 Å². The summed E-state index contributed by atoms with van der Waals surface area (Å²) >= 11 is 0. The van der Waals surface area contributed by atoms with E-state index in [4.69, 9.17) is 10.5 Å². The fourth-order valence-corrected chi connectivity index (χ4v) is 1.23. The van der Waals surface area contributed by atoms with Crippen LogP contribution in [-0.4, -0.2) is 11.6 Å². The topological polar surface area (TPSA) is 48.1 Å². The Morgan fingerprint density at radius 2 is 2.36 bits per heavy atom. The van der Waals surface area contributed by atoms with Gasteiger partial charge in [0.05, 0.1) is 12.8 Å². The number of nitrogens with two attached hydrogens (primary N) is 1. The normalized spacial score (nSPS) is 15.6. The number of ether oxygens (including phenoxy) is 1. The van der Waals surface area contributed by atoms with Crippen LogP contribution in [0, 0.1) is 11.7 Å². The van der Waals surface area contributed by atoms with Gasteiger partial charge in [0.1, 0.15) is 5.82 Å². The molecule has 0 amide bonds. The fraction of sp³-hybridized carbons (Fsp3) is 0.500. The van der Waals surface area contributed by atoms with Crippen molar-refractivity contribution in [3.8, 4) is 5.88 Å². The van der Waals surface area contributed by atoms with Gasteiger partial charge in [0.15, 0.2) is 0 Å². The second-order valence-electron chi connectivity index (χ2n) is 3.58. The second kappa shape index (κ2) is 3.92. The largest absolute Gasteiger partial charge is 0.477 e. The second-order valence-corrected chi connectivity index (χ2v) is 3.58. The molecular formula is C10H13FN2O. The molecule has 0 aromatic carbocycles. The van der Waals surface area contributed by atoms with Gasteiger partial charge in [-0.2, -0.15) is 0 Å². The Hall–Kier alpha value is -1.16. The molecule has 3 nitrogen and oxygen atoms in total. The Kier molecular flexibility index (Phi) is 2.63. The minimum Gasteiger partial charge on any atom is -0.477 e. The zero-order valence-corrected chi connectivity index (χ0v) is 7.87. The molecule has 2 rings (SSSR count). The lowest BCUT2D eigenvalue weighted by Crippen LogP contribution is -2.07. The lowest BCUT2D eigenvalue weighted by atomic mass is 10.2. The highest BCUT2D eigenvalue weighted by molar-refractivity contribution is 5.25. The quantitative estimate of drug-likeness (QED) is 0.793. The molecule has 1 aromatic heterocycles. The minimum absolute atomic E-state index is 0.255. The van der Waals surface area contributed by atoms with Gasteiger partial charge in [0.2, 0.25) is 5.88 Å². The predicted octanol–water partition coefficient (Wildman–Crippen LogP) is 1.47. The van der Waals surface area contributed by atoms with Crippen molar-refractivity contribution in [2.75, 3.05) is 6.61 Å². The maximum Gasteiger partial charge on any atom is 0.218 e. The van der Waals surface area contributed by atoms with Crippen molar-refractivity contribution >= 4 is 0 Å². The first-order valence-corrected chi connectivity index (χ1v) is 4.77. The Balaban J connectivity index is 2.05. The number of pyridine rings is 1. The van der Waals surface area contributed by atoms with E-state index in [1.807, 2.05) is 0 Å². The number of nitrogens with zero attached hydrogens (tertiary/aromatic N) is 1. The van der Waals surface area contributed by atoms with Gasteiger partial charge < -0.3 is 10.5 Å². The summed E-state index contributed by atoms with van der Waals surface area (Å²) in [7, 11) is 0. The Bertz CT molecular complexity index is 326. The highest BCUT2D eigenvalue weighted by Gasteiger charge is 2.22. The van der Waals surface area contributed by atoms with Gasteiger partial charge >= 0.3 is 0 Å². The molecule has 0 bridgehead atoms. The van der Waals surface area contributed by atoms with Crippen LogP contribution >= 0.6 is 0 Å². The molecule has 0 unspecified atom stereocenters. The zero-order valence-electron chi connectivity index (χ0n) is 7.87. The summed E-state index contributed by atoms with van der Waals surface area (Å²) in [5, 5.41) is 0. The van der Waals surface area contributed by atoms with Gasteiger partial charge in [-0.25, -0.2) is 9.37 Å². The van der Waals surface area contributed by atoms with E-state index >= 15 is 0 Å². The standard InChI is InChI=1S/C10H13FN2O/c11-9-3-8(4-12)10(13-5-9)14-6-7-1-2-7/h3,5,7H,1-2,4,6,12H2. The van der Waals surface area contributed by atoms with Crippen molar-refractivity contribution in [3.05, 3.63) is 23.6 Å². The predicted molar refractivity (Wildman–Crippen MR) is 50.3 cm³/mol. The van der Waals surface area contributed by atoms with Gasteiger partial charge in [-0.15, -0.1) is 0 Å². The summed E-state index contributed by atoms with van der Waals surface area (Å²) < 4.78 is 18.2. The molecule has 0 radical (unpaired) electrons. The number of hydrogen-bond donors (Lipinski definition) is 1. The average molecular weight is 196 g/mol. The molecular weight excluding hydrogens is 183 g/mol. The van der Waals surface area contributed by atoms with E-state index in [-0.39, 0.29) is 12.4 Å². The van der Waals surface area contributed by atoms with Crippen LogP contribution in [0.3, 0.4) is 0 Å². The van der Waals surface area contributed by atoms with E-state index in [1.165, 1.54) is 18.9 Å². The summed E-state index contributed by atoms with van der Waals surface area (Å²) in [6, 6.07) is 1.37. The van der Waals surface area contributed by atoms with Crippen molar-refractivity contribution in [2.45, 2.75) is 19.4 Å². The van der Waals surface area contributed by atoms with Crippen LogP contribution in [0.5, 0.6) is 5.88 Å². The highest BCUT2D eigenvalue weighted by atomic mass is 19.1. The van der Waals surface area contributed by atoms with Gasteiger partial charge in [-0.1, -0.05) is 0 Å². The van der Waals surface area contributed by atoms with Gasteiger partial charge in [-0.3, -0.25) is 0 Å². The third kappa shape index (κ3) is 2.20. The van der Waals surface area contributed by atoms with E-state index in [0.29, 0.717) is 24.0 Å². The minimum atomic E-state index is -0.371. The average Bonchev–Trinajstić information content (AvgIpc) is 2.99. The maximum atomic E-state index is 12.8. The fourth-order valence-electron chi connectivity index (χ4n) is 1.23. The van der Waals surface area contributed by atoms with Crippen LogP contribution in [0.4, 0.5) is 4.39 Å². The van der Waals surface area contributed by atoms with Crippen molar-refractivity contribution < 1.29 is 9.13 Å².